The van der Waals surface area contributed by atoms with Gasteiger partial charge in [-0.2, -0.15) is 0 Å². The normalized spacial score (nSPS) is 12.9. The summed E-state index contributed by atoms with van der Waals surface area (Å²) in [5.74, 6) is -4.41. The molecule has 2 unspecified atom stereocenters. The highest BCUT2D eigenvalue weighted by molar-refractivity contribution is 5.88. The quantitative estimate of drug-likeness (QED) is 0.319. The number of aliphatic hydroxyl groups is 3. The summed E-state index contributed by atoms with van der Waals surface area (Å²) in [6.45, 7) is 1.61. The van der Waals surface area contributed by atoms with Crippen molar-refractivity contribution in [1.82, 2.24) is 0 Å². The van der Waals surface area contributed by atoms with Crippen LogP contribution in [0.3, 0.4) is 0 Å². The number of carboxylic acid groups (broad SMARTS) is 3. The van der Waals surface area contributed by atoms with Crippen LogP contribution in [-0.2, 0) is 14.4 Å². The number of para-hydroxylation sites is 1. The van der Waals surface area contributed by atoms with Crippen LogP contribution in [0.5, 0.6) is 5.75 Å². The van der Waals surface area contributed by atoms with Gasteiger partial charge in [-0.25, -0.2) is 4.79 Å². The van der Waals surface area contributed by atoms with Crippen LogP contribution in [0.25, 0.3) is 0 Å². The highest BCUT2D eigenvalue weighted by atomic mass is 16.6. The third-order valence-electron chi connectivity index (χ3n) is 2.84. The summed E-state index contributed by atoms with van der Waals surface area (Å²) in [7, 11) is 0. The van der Waals surface area contributed by atoms with Gasteiger partial charge in [0, 0.05) is 6.42 Å². The first-order valence-electron chi connectivity index (χ1n) is 7.43. The number of ether oxygens (including phenoxy) is 1. The van der Waals surface area contributed by atoms with Crippen molar-refractivity contribution in [2.24, 2.45) is 0 Å². The zero-order valence-corrected chi connectivity index (χ0v) is 14.0. The third-order valence-corrected chi connectivity index (χ3v) is 2.84. The molecule has 0 radical (unpaired) electrons. The minimum Gasteiger partial charge on any atom is -0.481 e. The van der Waals surface area contributed by atoms with E-state index in [1.54, 1.807) is 19.1 Å². The van der Waals surface area contributed by atoms with Crippen molar-refractivity contribution in [3.63, 3.8) is 0 Å². The average molecular weight is 374 g/mol. The second-order valence-corrected chi connectivity index (χ2v) is 5.45. The minimum atomic E-state index is -2.74. The van der Waals surface area contributed by atoms with Gasteiger partial charge in [-0.1, -0.05) is 18.2 Å². The molecule has 146 valence electrons. The molecule has 2 atom stereocenters. The molecule has 26 heavy (non-hydrogen) atoms. The van der Waals surface area contributed by atoms with Gasteiger partial charge >= 0.3 is 17.9 Å². The van der Waals surface area contributed by atoms with Gasteiger partial charge in [0.25, 0.3) is 0 Å². The van der Waals surface area contributed by atoms with Gasteiger partial charge < -0.3 is 35.4 Å². The molecule has 0 aliphatic rings. The van der Waals surface area contributed by atoms with Gasteiger partial charge in [0.2, 0.25) is 0 Å². The van der Waals surface area contributed by atoms with E-state index in [2.05, 4.69) is 0 Å². The first-order valence-corrected chi connectivity index (χ1v) is 7.43. The van der Waals surface area contributed by atoms with Crippen LogP contribution in [0.1, 0.15) is 26.2 Å². The van der Waals surface area contributed by atoms with Gasteiger partial charge in [0.05, 0.1) is 18.9 Å². The van der Waals surface area contributed by atoms with E-state index in [9.17, 15) is 19.5 Å². The predicted molar refractivity (Wildman–Crippen MR) is 86.5 cm³/mol. The van der Waals surface area contributed by atoms with Crippen LogP contribution in [0, 0.1) is 0 Å². The number of carbonyl (C=O) groups is 3. The Balaban J connectivity index is 0.000000481. The van der Waals surface area contributed by atoms with E-state index >= 15 is 0 Å². The fourth-order valence-corrected chi connectivity index (χ4v) is 1.71. The maximum Gasteiger partial charge on any atom is 0.336 e. The summed E-state index contributed by atoms with van der Waals surface area (Å²) in [5.41, 5.74) is -2.74. The molecule has 0 fully saturated rings. The Morgan fingerprint density at radius 3 is 1.81 bits per heavy atom. The zero-order valence-electron chi connectivity index (χ0n) is 14.0. The number of carboxylic acids is 3. The smallest absolute Gasteiger partial charge is 0.336 e. The first kappa shape index (κ1) is 23.3. The van der Waals surface area contributed by atoms with E-state index in [0.717, 1.165) is 0 Å². The Bertz CT molecular complexity index is 568. The van der Waals surface area contributed by atoms with Gasteiger partial charge in [-0.05, 0) is 19.1 Å². The van der Waals surface area contributed by atoms with Crippen LogP contribution in [-0.4, -0.2) is 66.5 Å². The number of aliphatic carboxylic acids is 3. The molecular formula is C16H22O10. The summed E-state index contributed by atoms with van der Waals surface area (Å²) in [6, 6.07) is 9.03. The molecule has 1 aromatic rings. The molecule has 10 heteroatoms. The molecule has 0 aliphatic heterocycles. The fraction of sp³-hybridized carbons (Fsp3) is 0.438. The summed E-state index contributed by atoms with van der Waals surface area (Å²) in [5, 5.41) is 52.1. The Morgan fingerprint density at radius 1 is 1.00 bits per heavy atom. The molecule has 0 spiro atoms. The lowest BCUT2D eigenvalue weighted by Gasteiger charge is -2.18. The van der Waals surface area contributed by atoms with Gasteiger partial charge in [-0.3, -0.25) is 9.59 Å². The van der Waals surface area contributed by atoms with Crippen molar-refractivity contribution in [3.05, 3.63) is 30.3 Å². The van der Waals surface area contributed by atoms with E-state index in [1.165, 1.54) is 0 Å². The largest absolute Gasteiger partial charge is 0.481 e. The highest BCUT2D eigenvalue weighted by Crippen LogP contribution is 2.15. The summed E-state index contributed by atoms with van der Waals surface area (Å²) in [4.78, 5) is 30.5. The van der Waals surface area contributed by atoms with Crippen LogP contribution in [0.2, 0.25) is 0 Å². The molecule has 0 heterocycles. The van der Waals surface area contributed by atoms with E-state index < -0.39 is 48.7 Å². The lowest BCUT2D eigenvalue weighted by Crippen LogP contribution is -2.42. The summed E-state index contributed by atoms with van der Waals surface area (Å²) in [6.07, 6.45) is -3.57. The average Bonchev–Trinajstić information content (AvgIpc) is 2.46. The van der Waals surface area contributed by atoms with Crippen LogP contribution in [0.4, 0.5) is 0 Å². The van der Waals surface area contributed by atoms with E-state index in [4.69, 9.17) is 30.3 Å². The predicted octanol–water partition coefficient (Wildman–Crippen LogP) is -0.0938. The zero-order chi connectivity index (χ0) is 20.3. The van der Waals surface area contributed by atoms with E-state index in [0.29, 0.717) is 5.75 Å². The maximum absolute atomic E-state index is 10.3. The lowest BCUT2D eigenvalue weighted by molar-refractivity contribution is -0.170. The Kier molecular flexibility index (Phi) is 9.89. The molecule has 0 saturated heterocycles. The Labute approximate surface area is 148 Å². The first-order chi connectivity index (χ1) is 12.0. The van der Waals surface area contributed by atoms with Crippen LogP contribution < -0.4 is 4.74 Å². The molecule has 1 rings (SSSR count). The Morgan fingerprint density at radius 2 is 1.46 bits per heavy atom. The number of hydrogen-bond acceptors (Lipinski definition) is 7. The topological polar surface area (TPSA) is 182 Å². The van der Waals surface area contributed by atoms with Crippen molar-refractivity contribution in [2.75, 3.05) is 0 Å². The second-order valence-electron chi connectivity index (χ2n) is 5.45. The van der Waals surface area contributed by atoms with Crippen molar-refractivity contribution in [1.29, 1.82) is 0 Å². The number of hydrogen-bond donors (Lipinski definition) is 6. The Hall–Kier alpha value is -2.69. The van der Waals surface area contributed by atoms with Gasteiger partial charge in [-0.15, -0.1) is 0 Å². The molecule has 6 N–H and O–H groups in total. The van der Waals surface area contributed by atoms with Crippen molar-refractivity contribution < 1.29 is 49.8 Å². The number of aliphatic hydroxyl groups excluding tert-OH is 2. The number of rotatable bonds is 9. The van der Waals surface area contributed by atoms with Gasteiger partial charge in [0.15, 0.2) is 11.9 Å². The second kappa shape index (κ2) is 11.0. The maximum atomic E-state index is 10.3. The molecule has 0 saturated carbocycles. The van der Waals surface area contributed by atoms with E-state index in [1.807, 2.05) is 18.2 Å². The lowest BCUT2D eigenvalue weighted by atomic mass is 9.96. The molecule has 0 bridgehead atoms. The van der Waals surface area contributed by atoms with Crippen LogP contribution in [0.15, 0.2) is 30.3 Å². The van der Waals surface area contributed by atoms with Crippen molar-refractivity contribution in [2.45, 2.75) is 44.2 Å². The molecule has 0 amide bonds. The summed E-state index contributed by atoms with van der Waals surface area (Å²) < 4.78 is 5.12. The molecule has 10 nitrogen and oxygen atoms in total. The summed E-state index contributed by atoms with van der Waals surface area (Å²) >= 11 is 0. The van der Waals surface area contributed by atoms with Crippen LogP contribution >= 0.6 is 0 Å². The molecule has 0 aliphatic carbocycles. The van der Waals surface area contributed by atoms with Crippen molar-refractivity contribution in [3.8, 4) is 5.75 Å². The molecule has 1 aromatic carbocycles. The fourth-order valence-electron chi connectivity index (χ4n) is 1.71. The van der Waals surface area contributed by atoms with Gasteiger partial charge in [0.1, 0.15) is 5.75 Å². The molecule has 0 aromatic heterocycles. The SMILES string of the molecule is CC(O)CC(O)Oc1ccccc1.O=C(O)CC(O)(CC(=O)O)C(=O)O. The minimum absolute atomic E-state index is 0.217. The molecular weight excluding hydrogens is 352 g/mol. The standard InChI is InChI=1S/C10H14O3.C6H8O7/c1-8(11)7-10(12)13-9-5-3-2-4-6-9;7-3(8)1-6(13,5(11)12)2-4(9)10/h2-6,8,10-12H,7H2,1H3;13H,1-2H2,(H,7,8)(H,9,10)(H,11,12). The highest BCUT2D eigenvalue weighted by Gasteiger charge is 2.40. The third kappa shape index (κ3) is 10.2. The monoisotopic (exact) mass is 374 g/mol. The number of benzene rings is 1. The van der Waals surface area contributed by atoms with E-state index in [-0.39, 0.29) is 6.42 Å². The van der Waals surface area contributed by atoms with Crippen molar-refractivity contribution >= 4 is 17.9 Å².